The van der Waals surface area contributed by atoms with E-state index < -0.39 is 0 Å². The molecule has 1 amide bonds. The molecule has 0 fully saturated rings. The quantitative estimate of drug-likeness (QED) is 0.793. The van der Waals surface area contributed by atoms with E-state index in [9.17, 15) is 4.79 Å². The number of hydrogen-bond acceptors (Lipinski definition) is 2. The van der Waals surface area contributed by atoms with Crippen LogP contribution >= 0.6 is 15.9 Å². The van der Waals surface area contributed by atoms with E-state index in [2.05, 4.69) is 35.1 Å². The lowest BCUT2D eigenvalue weighted by Gasteiger charge is -2.24. The number of carbonyl (C=O) groups is 1. The zero-order valence-electron chi connectivity index (χ0n) is 12.6. The van der Waals surface area contributed by atoms with Gasteiger partial charge in [-0.1, -0.05) is 41.9 Å². The SMILES string of the molecule is C[C@H](NC(=O)CCC(C)(C)CCN)c1cccc(Br)c1. The van der Waals surface area contributed by atoms with Gasteiger partial charge < -0.3 is 11.1 Å². The van der Waals surface area contributed by atoms with Crippen molar-refractivity contribution in [3.63, 3.8) is 0 Å². The van der Waals surface area contributed by atoms with Crippen molar-refractivity contribution >= 4 is 21.8 Å². The van der Waals surface area contributed by atoms with Crippen LogP contribution in [-0.4, -0.2) is 12.5 Å². The molecule has 0 aliphatic carbocycles. The summed E-state index contributed by atoms with van der Waals surface area (Å²) < 4.78 is 1.03. The minimum Gasteiger partial charge on any atom is -0.350 e. The van der Waals surface area contributed by atoms with Gasteiger partial charge in [0.2, 0.25) is 5.91 Å². The summed E-state index contributed by atoms with van der Waals surface area (Å²) in [7, 11) is 0. The molecule has 20 heavy (non-hydrogen) atoms. The molecule has 0 aliphatic heterocycles. The number of amides is 1. The van der Waals surface area contributed by atoms with Crippen LogP contribution in [0.1, 0.15) is 51.6 Å². The second-order valence-corrected chi connectivity index (χ2v) is 6.96. The molecule has 1 aromatic carbocycles. The van der Waals surface area contributed by atoms with Gasteiger partial charge >= 0.3 is 0 Å². The number of hydrogen-bond donors (Lipinski definition) is 2. The van der Waals surface area contributed by atoms with Crippen LogP contribution in [0.5, 0.6) is 0 Å². The highest BCUT2D eigenvalue weighted by atomic mass is 79.9. The predicted octanol–water partition coefficient (Wildman–Crippen LogP) is 3.78. The van der Waals surface area contributed by atoms with Gasteiger partial charge in [-0.2, -0.15) is 0 Å². The van der Waals surface area contributed by atoms with Gasteiger partial charge in [0.15, 0.2) is 0 Å². The summed E-state index contributed by atoms with van der Waals surface area (Å²) in [6.07, 6.45) is 2.36. The fourth-order valence-electron chi connectivity index (χ4n) is 2.14. The number of carbonyl (C=O) groups excluding carboxylic acids is 1. The summed E-state index contributed by atoms with van der Waals surface area (Å²) >= 11 is 3.45. The highest BCUT2D eigenvalue weighted by Crippen LogP contribution is 2.26. The van der Waals surface area contributed by atoms with Gasteiger partial charge in [0.25, 0.3) is 0 Å². The first kappa shape index (κ1) is 17.2. The molecule has 0 heterocycles. The molecule has 112 valence electrons. The lowest BCUT2D eigenvalue weighted by Crippen LogP contribution is -2.28. The number of nitrogens with one attached hydrogen (secondary N) is 1. The molecule has 1 atom stereocenters. The highest BCUT2D eigenvalue weighted by molar-refractivity contribution is 9.10. The highest BCUT2D eigenvalue weighted by Gasteiger charge is 2.19. The topological polar surface area (TPSA) is 55.1 Å². The zero-order valence-corrected chi connectivity index (χ0v) is 14.2. The maximum Gasteiger partial charge on any atom is 0.220 e. The summed E-state index contributed by atoms with van der Waals surface area (Å²) in [6.45, 7) is 6.99. The molecule has 0 saturated carbocycles. The van der Waals surface area contributed by atoms with Crippen LogP contribution in [0.3, 0.4) is 0 Å². The largest absolute Gasteiger partial charge is 0.350 e. The van der Waals surface area contributed by atoms with Gasteiger partial charge in [-0.3, -0.25) is 4.79 Å². The number of nitrogens with two attached hydrogens (primary N) is 1. The fourth-order valence-corrected chi connectivity index (χ4v) is 2.56. The van der Waals surface area contributed by atoms with Crippen molar-refractivity contribution in [3.05, 3.63) is 34.3 Å². The Hall–Kier alpha value is -0.870. The summed E-state index contributed by atoms with van der Waals surface area (Å²) in [4.78, 5) is 12.0. The summed E-state index contributed by atoms with van der Waals surface area (Å²) in [5.41, 5.74) is 6.82. The van der Waals surface area contributed by atoms with Crippen molar-refractivity contribution in [1.82, 2.24) is 5.32 Å². The third-order valence-corrected chi connectivity index (χ3v) is 4.07. The zero-order chi connectivity index (χ0) is 15.2. The van der Waals surface area contributed by atoms with E-state index in [0.29, 0.717) is 13.0 Å². The van der Waals surface area contributed by atoms with Crippen LogP contribution in [0, 0.1) is 5.41 Å². The fraction of sp³-hybridized carbons (Fsp3) is 0.562. The number of benzene rings is 1. The summed E-state index contributed by atoms with van der Waals surface area (Å²) in [5, 5.41) is 3.05. The molecule has 0 bridgehead atoms. The van der Waals surface area contributed by atoms with Crippen molar-refractivity contribution in [2.75, 3.05) is 6.54 Å². The first-order valence-corrected chi connectivity index (χ1v) is 7.88. The van der Waals surface area contributed by atoms with Gasteiger partial charge in [0, 0.05) is 10.9 Å². The van der Waals surface area contributed by atoms with Crippen molar-refractivity contribution < 1.29 is 4.79 Å². The van der Waals surface area contributed by atoms with Gasteiger partial charge in [0.1, 0.15) is 0 Å². The normalized spacial score (nSPS) is 13.1. The average Bonchev–Trinajstić information content (AvgIpc) is 2.36. The molecule has 3 N–H and O–H groups in total. The van der Waals surface area contributed by atoms with Crippen LogP contribution in [0.15, 0.2) is 28.7 Å². The molecule has 0 radical (unpaired) electrons. The molecule has 1 rings (SSSR count). The lowest BCUT2D eigenvalue weighted by atomic mass is 9.84. The van der Waals surface area contributed by atoms with Gasteiger partial charge in [-0.25, -0.2) is 0 Å². The van der Waals surface area contributed by atoms with Crippen LogP contribution < -0.4 is 11.1 Å². The van der Waals surface area contributed by atoms with Crippen molar-refractivity contribution in [2.45, 2.75) is 46.1 Å². The third kappa shape index (κ3) is 6.06. The molecule has 0 aromatic heterocycles. The molecule has 1 aromatic rings. The first-order valence-electron chi connectivity index (χ1n) is 7.09. The second-order valence-electron chi connectivity index (χ2n) is 6.05. The van der Waals surface area contributed by atoms with Crippen LogP contribution in [0.4, 0.5) is 0 Å². The lowest BCUT2D eigenvalue weighted by molar-refractivity contribution is -0.122. The number of halogens is 1. The van der Waals surface area contributed by atoms with Gasteiger partial charge in [-0.15, -0.1) is 0 Å². The maximum atomic E-state index is 12.0. The minimum atomic E-state index is 0.0256. The Morgan fingerprint density at radius 1 is 1.40 bits per heavy atom. The Balaban J connectivity index is 2.46. The van der Waals surface area contributed by atoms with E-state index in [4.69, 9.17) is 5.73 Å². The summed E-state index contributed by atoms with van der Waals surface area (Å²) in [5.74, 6) is 0.0996. The number of rotatable bonds is 7. The molecule has 0 spiro atoms. The molecule has 0 aliphatic rings. The van der Waals surface area contributed by atoms with Gasteiger partial charge in [0.05, 0.1) is 6.04 Å². The Kier molecular flexibility index (Phi) is 6.69. The van der Waals surface area contributed by atoms with Crippen molar-refractivity contribution in [1.29, 1.82) is 0 Å². The Morgan fingerprint density at radius 2 is 2.10 bits per heavy atom. The molecular weight excluding hydrogens is 316 g/mol. The van der Waals surface area contributed by atoms with Crippen molar-refractivity contribution in [3.8, 4) is 0 Å². The van der Waals surface area contributed by atoms with Crippen LogP contribution in [0.25, 0.3) is 0 Å². The third-order valence-electron chi connectivity index (χ3n) is 3.58. The van der Waals surface area contributed by atoms with E-state index in [-0.39, 0.29) is 17.4 Å². The minimum absolute atomic E-state index is 0.0256. The van der Waals surface area contributed by atoms with E-state index >= 15 is 0 Å². The average molecular weight is 341 g/mol. The first-order chi connectivity index (χ1) is 9.34. The molecular formula is C16H25BrN2O. The maximum absolute atomic E-state index is 12.0. The Labute approximate surface area is 130 Å². The Morgan fingerprint density at radius 3 is 2.70 bits per heavy atom. The molecule has 4 heteroatoms. The van der Waals surface area contributed by atoms with E-state index in [1.54, 1.807) is 0 Å². The van der Waals surface area contributed by atoms with E-state index in [1.807, 2.05) is 31.2 Å². The standard InChI is InChI=1S/C16H25BrN2O/c1-12(13-5-4-6-14(17)11-13)19-15(20)7-8-16(2,3)9-10-18/h4-6,11-12H,7-10,18H2,1-3H3,(H,19,20)/t12-/m0/s1. The van der Waals surface area contributed by atoms with E-state index in [0.717, 1.165) is 22.9 Å². The van der Waals surface area contributed by atoms with Crippen molar-refractivity contribution in [2.24, 2.45) is 11.1 Å². The Bertz CT molecular complexity index is 446. The molecule has 0 unspecified atom stereocenters. The van der Waals surface area contributed by atoms with Crippen LogP contribution in [0.2, 0.25) is 0 Å². The smallest absolute Gasteiger partial charge is 0.220 e. The molecule has 0 saturated heterocycles. The predicted molar refractivity (Wildman–Crippen MR) is 87.4 cm³/mol. The van der Waals surface area contributed by atoms with E-state index in [1.165, 1.54) is 0 Å². The second kappa shape index (κ2) is 7.79. The summed E-state index contributed by atoms with van der Waals surface area (Å²) in [6, 6.07) is 8.04. The monoisotopic (exact) mass is 340 g/mol. The van der Waals surface area contributed by atoms with Gasteiger partial charge in [-0.05, 0) is 49.4 Å². The molecule has 3 nitrogen and oxygen atoms in total. The van der Waals surface area contributed by atoms with Crippen LogP contribution in [-0.2, 0) is 4.79 Å².